The molecule has 0 radical (unpaired) electrons. The number of unbranched alkanes of at least 4 members (excludes halogenated alkanes) is 3. The summed E-state index contributed by atoms with van der Waals surface area (Å²) in [6.07, 6.45) is 12.2. The van der Waals surface area contributed by atoms with Crippen LogP contribution >= 0.6 is 0 Å². The summed E-state index contributed by atoms with van der Waals surface area (Å²) >= 11 is 0. The second kappa shape index (κ2) is 5.95. The molecule has 0 atom stereocenters. The first-order valence-corrected chi connectivity index (χ1v) is 8.66. The first-order chi connectivity index (χ1) is 9.69. The number of nitrogens with one attached hydrogen (secondary N) is 1. The summed E-state index contributed by atoms with van der Waals surface area (Å²) in [6, 6.07) is 0. The summed E-state index contributed by atoms with van der Waals surface area (Å²) in [5.41, 5.74) is -0.0950. The van der Waals surface area contributed by atoms with E-state index in [0.717, 1.165) is 50.0 Å². The minimum absolute atomic E-state index is 0.0950. The van der Waals surface area contributed by atoms with Gasteiger partial charge in [-0.1, -0.05) is 26.2 Å². The molecule has 3 heteroatoms. The van der Waals surface area contributed by atoms with E-state index in [0.29, 0.717) is 0 Å². The van der Waals surface area contributed by atoms with Gasteiger partial charge in [-0.2, -0.15) is 0 Å². The molecule has 4 aliphatic rings. The van der Waals surface area contributed by atoms with Crippen LogP contribution in [-0.2, 0) is 4.74 Å². The van der Waals surface area contributed by atoms with E-state index in [1.165, 1.54) is 38.5 Å². The number of rotatable bonds is 6. The molecule has 0 saturated heterocycles. The zero-order chi connectivity index (χ0) is 14.0. The van der Waals surface area contributed by atoms with Gasteiger partial charge in [0.2, 0.25) is 0 Å². The predicted octanol–water partition coefficient (Wildman–Crippen LogP) is 4.26. The summed E-state index contributed by atoms with van der Waals surface area (Å²) in [5, 5.41) is 2.96. The van der Waals surface area contributed by atoms with Crippen molar-refractivity contribution < 1.29 is 9.53 Å². The van der Waals surface area contributed by atoms with Gasteiger partial charge in [0.1, 0.15) is 5.60 Å². The average Bonchev–Trinajstić information content (AvgIpc) is 2.36. The molecular weight excluding hydrogens is 250 g/mol. The maximum absolute atomic E-state index is 12.0. The fraction of sp³-hybridized carbons (Fsp3) is 0.941. The number of hydrogen-bond acceptors (Lipinski definition) is 2. The van der Waals surface area contributed by atoms with Crippen molar-refractivity contribution in [2.45, 2.75) is 76.7 Å². The van der Waals surface area contributed by atoms with Crippen LogP contribution in [0.3, 0.4) is 0 Å². The highest BCUT2D eigenvalue weighted by atomic mass is 16.6. The van der Waals surface area contributed by atoms with E-state index in [1.807, 2.05) is 0 Å². The third-order valence-corrected chi connectivity index (χ3v) is 5.59. The Labute approximate surface area is 122 Å². The van der Waals surface area contributed by atoms with Crippen molar-refractivity contribution in [3.8, 4) is 0 Å². The van der Waals surface area contributed by atoms with E-state index in [9.17, 15) is 4.79 Å². The highest BCUT2D eigenvalue weighted by Crippen LogP contribution is 2.57. The summed E-state index contributed by atoms with van der Waals surface area (Å²) in [5.74, 6) is 2.50. The number of amides is 1. The minimum atomic E-state index is -0.163. The predicted molar refractivity (Wildman–Crippen MR) is 79.5 cm³/mol. The molecule has 0 aliphatic heterocycles. The Hall–Kier alpha value is -0.730. The normalized spacial score (nSPS) is 38.0. The Morgan fingerprint density at radius 2 is 1.65 bits per heavy atom. The van der Waals surface area contributed by atoms with E-state index in [1.54, 1.807) is 0 Å². The highest BCUT2D eigenvalue weighted by molar-refractivity contribution is 5.67. The van der Waals surface area contributed by atoms with E-state index in [4.69, 9.17) is 4.74 Å². The first-order valence-electron chi connectivity index (χ1n) is 8.66. The standard InChI is InChI=1S/C17H29NO2/c1-2-3-4-5-6-18-16(19)20-17-10-13-7-14(11-17)9-15(8-13)12-17/h13-15H,2-12H2,1H3,(H,18,19). The molecule has 0 spiro atoms. The third-order valence-electron chi connectivity index (χ3n) is 5.59. The van der Waals surface area contributed by atoms with Crippen molar-refractivity contribution >= 4 is 6.09 Å². The highest BCUT2D eigenvalue weighted by Gasteiger charge is 2.53. The van der Waals surface area contributed by atoms with Crippen LogP contribution in [-0.4, -0.2) is 18.2 Å². The maximum Gasteiger partial charge on any atom is 0.407 e. The smallest absolute Gasteiger partial charge is 0.407 e. The number of carbonyl (C=O) groups excluding carboxylic acids is 1. The lowest BCUT2D eigenvalue weighted by Gasteiger charge is -2.55. The van der Waals surface area contributed by atoms with Crippen molar-refractivity contribution in [3.63, 3.8) is 0 Å². The molecule has 0 aromatic rings. The van der Waals surface area contributed by atoms with Crippen LogP contribution in [0.1, 0.15) is 71.1 Å². The molecular formula is C17H29NO2. The molecule has 4 rings (SSSR count). The van der Waals surface area contributed by atoms with Crippen LogP contribution in [0.5, 0.6) is 0 Å². The van der Waals surface area contributed by atoms with Gasteiger partial charge < -0.3 is 10.1 Å². The van der Waals surface area contributed by atoms with Crippen LogP contribution in [0.4, 0.5) is 4.79 Å². The Bertz CT molecular complexity index is 318. The Balaban J connectivity index is 1.44. The summed E-state index contributed by atoms with van der Waals surface area (Å²) < 4.78 is 5.91. The fourth-order valence-electron chi connectivity index (χ4n) is 5.13. The van der Waals surface area contributed by atoms with Gasteiger partial charge in [0.05, 0.1) is 0 Å². The molecule has 4 bridgehead atoms. The molecule has 3 nitrogen and oxygen atoms in total. The molecule has 4 fully saturated rings. The molecule has 1 N–H and O–H groups in total. The van der Waals surface area contributed by atoms with E-state index in [-0.39, 0.29) is 11.7 Å². The lowest BCUT2D eigenvalue weighted by atomic mass is 9.54. The van der Waals surface area contributed by atoms with E-state index in [2.05, 4.69) is 12.2 Å². The topological polar surface area (TPSA) is 38.3 Å². The van der Waals surface area contributed by atoms with Crippen molar-refractivity contribution in [1.29, 1.82) is 0 Å². The van der Waals surface area contributed by atoms with Crippen molar-refractivity contribution in [2.24, 2.45) is 17.8 Å². The Morgan fingerprint density at radius 3 is 2.20 bits per heavy atom. The van der Waals surface area contributed by atoms with E-state index >= 15 is 0 Å². The van der Waals surface area contributed by atoms with Crippen LogP contribution in [0, 0.1) is 17.8 Å². The number of carbonyl (C=O) groups is 1. The second-order valence-electron chi connectivity index (χ2n) is 7.48. The van der Waals surface area contributed by atoms with Gasteiger partial charge in [-0.15, -0.1) is 0 Å². The fourth-order valence-corrected chi connectivity index (χ4v) is 5.13. The summed E-state index contributed by atoms with van der Waals surface area (Å²) in [6.45, 7) is 2.97. The molecule has 114 valence electrons. The molecule has 0 aromatic heterocycles. The van der Waals surface area contributed by atoms with Crippen LogP contribution in [0.25, 0.3) is 0 Å². The number of alkyl carbamates (subject to hydrolysis) is 1. The molecule has 20 heavy (non-hydrogen) atoms. The van der Waals surface area contributed by atoms with Gasteiger partial charge in [0.15, 0.2) is 0 Å². The number of hydrogen-bond donors (Lipinski definition) is 1. The molecule has 0 heterocycles. The largest absolute Gasteiger partial charge is 0.443 e. The maximum atomic E-state index is 12.0. The third kappa shape index (κ3) is 3.12. The summed E-state index contributed by atoms with van der Waals surface area (Å²) in [7, 11) is 0. The van der Waals surface area contributed by atoms with Gasteiger partial charge in [-0.3, -0.25) is 0 Å². The average molecular weight is 279 g/mol. The second-order valence-corrected chi connectivity index (χ2v) is 7.48. The molecule has 4 aliphatic carbocycles. The van der Waals surface area contributed by atoms with Gasteiger partial charge in [-0.05, 0) is 62.7 Å². The SMILES string of the molecule is CCCCCCNC(=O)OC12CC3CC(CC(C3)C1)C2. The lowest BCUT2D eigenvalue weighted by molar-refractivity contribution is -0.127. The molecule has 4 saturated carbocycles. The Kier molecular flexibility index (Phi) is 4.23. The number of ether oxygens (including phenoxy) is 1. The van der Waals surface area contributed by atoms with Gasteiger partial charge in [-0.25, -0.2) is 4.79 Å². The quantitative estimate of drug-likeness (QED) is 0.738. The Morgan fingerprint density at radius 1 is 1.05 bits per heavy atom. The molecule has 1 amide bonds. The minimum Gasteiger partial charge on any atom is -0.443 e. The molecule has 0 aromatic carbocycles. The van der Waals surface area contributed by atoms with Gasteiger partial charge >= 0.3 is 6.09 Å². The first kappa shape index (κ1) is 14.2. The zero-order valence-corrected chi connectivity index (χ0v) is 12.8. The monoisotopic (exact) mass is 279 g/mol. The zero-order valence-electron chi connectivity index (χ0n) is 12.8. The van der Waals surface area contributed by atoms with Gasteiger partial charge in [0, 0.05) is 6.54 Å². The van der Waals surface area contributed by atoms with Crippen LogP contribution in [0.2, 0.25) is 0 Å². The summed E-state index contributed by atoms with van der Waals surface area (Å²) in [4.78, 5) is 12.0. The van der Waals surface area contributed by atoms with Crippen molar-refractivity contribution in [2.75, 3.05) is 6.54 Å². The van der Waals surface area contributed by atoms with Gasteiger partial charge in [0.25, 0.3) is 0 Å². The van der Waals surface area contributed by atoms with Crippen molar-refractivity contribution in [3.05, 3.63) is 0 Å². The van der Waals surface area contributed by atoms with Crippen LogP contribution in [0.15, 0.2) is 0 Å². The van der Waals surface area contributed by atoms with E-state index < -0.39 is 0 Å². The lowest BCUT2D eigenvalue weighted by Crippen LogP contribution is -2.53. The van der Waals surface area contributed by atoms with Crippen molar-refractivity contribution in [1.82, 2.24) is 5.32 Å². The van der Waals surface area contributed by atoms with Crippen LogP contribution < -0.4 is 5.32 Å². The molecule has 0 unspecified atom stereocenters.